The van der Waals surface area contributed by atoms with Crippen LogP contribution in [0.3, 0.4) is 0 Å². The van der Waals surface area contributed by atoms with E-state index in [0.29, 0.717) is 18.5 Å². The van der Waals surface area contributed by atoms with Gasteiger partial charge in [0.2, 0.25) is 0 Å². The van der Waals surface area contributed by atoms with E-state index < -0.39 is 0 Å². The number of hydrogen-bond acceptors (Lipinski definition) is 3. The fourth-order valence-electron chi connectivity index (χ4n) is 1.41. The molecule has 2 N–H and O–H groups in total. The first-order valence-electron chi connectivity index (χ1n) is 5.58. The number of nitrogens with one attached hydrogen (secondary N) is 1. The molecule has 15 heavy (non-hydrogen) atoms. The summed E-state index contributed by atoms with van der Waals surface area (Å²) >= 11 is 1.71. The zero-order valence-corrected chi connectivity index (χ0v) is 10.6. The van der Waals surface area contributed by atoms with Gasteiger partial charge in [0.15, 0.2) is 0 Å². The van der Waals surface area contributed by atoms with Gasteiger partial charge in [-0.25, -0.2) is 0 Å². The zero-order valence-electron chi connectivity index (χ0n) is 9.73. The Balaban J connectivity index is 2.31. The van der Waals surface area contributed by atoms with Crippen molar-refractivity contribution in [2.75, 3.05) is 6.54 Å². The van der Waals surface area contributed by atoms with Gasteiger partial charge in [0.1, 0.15) is 0 Å². The fourth-order valence-corrected chi connectivity index (χ4v) is 2.16. The second-order valence-electron chi connectivity index (χ2n) is 4.14. The summed E-state index contributed by atoms with van der Waals surface area (Å²) in [6.07, 6.45) is 0.784. The van der Waals surface area contributed by atoms with Crippen LogP contribution in [0, 0.1) is 5.92 Å². The van der Waals surface area contributed by atoms with E-state index >= 15 is 0 Å². The maximum atomic E-state index is 9.80. The van der Waals surface area contributed by atoms with Gasteiger partial charge in [-0.05, 0) is 35.2 Å². The summed E-state index contributed by atoms with van der Waals surface area (Å²) in [5.74, 6) is 0.368. The molecule has 0 aliphatic heterocycles. The molecule has 0 bridgehead atoms. The Bertz CT molecular complexity index is 261. The third-order valence-electron chi connectivity index (χ3n) is 2.98. The summed E-state index contributed by atoms with van der Waals surface area (Å²) in [4.78, 5) is 0. The first-order chi connectivity index (χ1) is 7.15. The molecule has 0 saturated carbocycles. The van der Waals surface area contributed by atoms with E-state index in [4.69, 9.17) is 0 Å². The van der Waals surface area contributed by atoms with Crippen molar-refractivity contribution in [3.8, 4) is 0 Å². The molecule has 1 aromatic rings. The molecule has 1 rings (SSSR count). The average Bonchev–Trinajstić information content (AvgIpc) is 2.77. The Labute approximate surface area is 96.3 Å². The maximum absolute atomic E-state index is 9.80. The van der Waals surface area contributed by atoms with Gasteiger partial charge >= 0.3 is 0 Å². The first-order valence-corrected chi connectivity index (χ1v) is 6.53. The van der Waals surface area contributed by atoms with E-state index in [1.165, 1.54) is 5.56 Å². The Morgan fingerprint density at radius 3 is 2.73 bits per heavy atom. The number of thiophene rings is 1. The van der Waals surface area contributed by atoms with Crippen molar-refractivity contribution in [3.63, 3.8) is 0 Å². The van der Waals surface area contributed by atoms with Crippen LogP contribution in [0.1, 0.15) is 38.8 Å². The second kappa shape index (κ2) is 6.26. The molecule has 0 amide bonds. The minimum atomic E-state index is -0.240. The van der Waals surface area contributed by atoms with Gasteiger partial charge in [0, 0.05) is 12.6 Å². The lowest BCUT2D eigenvalue weighted by atomic mass is 10.0. The largest absolute Gasteiger partial charge is 0.392 e. The molecule has 0 saturated heterocycles. The number of aliphatic hydroxyl groups excluding tert-OH is 1. The van der Waals surface area contributed by atoms with Crippen LogP contribution in [0.15, 0.2) is 16.8 Å². The maximum Gasteiger partial charge on any atom is 0.0690 e. The number of aliphatic hydroxyl groups is 1. The van der Waals surface area contributed by atoms with Crippen LogP contribution in [-0.4, -0.2) is 17.8 Å². The lowest BCUT2D eigenvalue weighted by Gasteiger charge is -2.20. The molecular formula is C12H21NOS. The third-order valence-corrected chi connectivity index (χ3v) is 3.68. The molecule has 0 aliphatic carbocycles. The van der Waals surface area contributed by atoms with Crippen molar-refractivity contribution < 1.29 is 5.11 Å². The van der Waals surface area contributed by atoms with Crippen LogP contribution in [0.4, 0.5) is 0 Å². The predicted molar refractivity (Wildman–Crippen MR) is 66.2 cm³/mol. The number of rotatable bonds is 6. The highest BCUT2D eigenvalue weighted by Gasteiger charge is 2.13. The molecule has 0 fully saturated rings. The Hall–Kier alpha value is -0.380. The van der Waals surface area contributed by atoms with Crippen LogP contribution < -0.4 is 5.32 Å². The third kappa shape index (κ3) is 3.93. The number of hydrogen-bond donors (Lipinski definition) is 2. The normalized spacial score (nSPS) is 17.3. The van der Waals surface area contributed by atoms with E-state index in [1.54, 1.807) is 11.3 Å². The molecule has 0 spiro atoms. The molecule has 86 valence electrons. The fraction of sp³-hybridized carbons (Fsp3) is 0.667. The van der Waals surface area contributed by atoms with Crippen molar-refractivity contribution in [1.82, 2.24) is 5.32 Å². The monoisotopic (exact) mass is 227 g/mol. The Morgan fingerprint density at radius 2 is 2.20 bits per heavy atom. The smallest absolute Gasteiger partial charge is 0.0690 e. The Morgan fingerprint density at radius 1 is 1.47 bits per heavy atom. The van der Waals surface area contributed by atoms with E-state index in [0.717, 1.165) is 6.42 Å². The van der Waals surface area contributed by atoms with Crippen LogP contribution in [-0.2, 0) is 0 Å². The lowest BCUT2D eigenvalue weighted by Crippen LogP contribution is -2.32. The van der Waals surface area contributed by atoms with Crippen LogP contribution >= 0.6 is 11.3 Å². The standard InChI is InChI=1S/C12H21NOS/c1-4-9(2)12(14)7-13-10(3)11-5-6-15-8-11/h5-6,8-10,12-14H,4,7H2,1-3H3. The SMILES string of the molecule is CCC(C)C(O)CNC(C)c1ccsc1. The molecule has 2 nitrogen and oxygen atoms in total. The minimum Gasteiger partial charge on any atom is -0.392 e. The van der Waals surface area contributed by atoms with E-state index in [9.17, 15) is 5.11 Å². The molecule has 1 heterocycles. The highest BCUT2D eigenvalue weighted by Crippen LogP contribution is 2.16. The summed E-state index contributed by atoms with van der Waals surface area (Å²) in [5, 5.41) is 17.4. The van der Waals surface area contributed by atoms with E-state index in [1.807, 2.05) is 0 Å². The van der Waals surface area contributed by atoms with Crippen molar-refractivity contribution in [3.05, 3.63) is 22.4 Å². The molecule has 0 radical (unpaired) electrons. The lowest BCUT2D eigenvalue weighted by molar-refractivity contribution is 0.110. The van der Waals surface area contributed by atoms with Crippen molar-refractivity contribution in [1.29, 1.82) is 0 Å². The summed E-state index contributed by atoms with van der Waals surface area (Å²) in [6.45, 7) is 7.00. The topological polar surface area (TPSA) is 32.3 Å². The average molecular weight is 227 g/mol. The minimum absolute atomic E-state index is 0.240. The molecule has 0 aliphatic rings. The van der Waals surface area contributed by atoms with E-state index in [2.05, 4.69) is 42.9 Å². The van der Waals surface area contributed by atoms with Gasteiger partial charge < -0.3 is 10.4 Å². The van der Waals surface area contributed by atoms with Crippen LogP contribution in [0.2, 0.25) is 0 Å². The molecule has 3 heteroatoms. The van der Waals surface area contributed by atoms with Crippen molar-refractivity contribution >= 4 is 11.3 Å². The van der Waals surface area contributed by atoms with Gasteiger partial charge in [-0.1, -0.05) is 20.3 Å². The zero-order chi connectivity index (χ0) is 11.3. The van der Waals surface area contributed by atoms with Crippen LogP contribution in [0.5, 0.6) is 0 Å². The summed E-state index contributed by atoms with van der Waals surface area (Å²) in [6, 6.07) is 2.45. The predicted octanol–water partition coefficient (Wildman–Crippen LogP) is 2.81. The van der Waals surface area contributed by atoms with Gasteiger partial charge in [0.25, 0.3) is 0 Å². The summed E-state index contributed by atoms with van der Waals surface area (Å²) in [7, 11) is 0. The molecule has 1 aromatic heterocycles. The second-order valence-corrected chi connectivity index (χ2v) is 4.92. The molecule has 0 aromatic carbocycles. The first kappa shape index (κ1) is 12.7. The van der Waals surface area contributed by atoms with E-state index in [-0.39, 0.29) is 6.10 Å². The Kier molecular flexibility index (Phi) is 5.29. The van der Waals surface area contributed by atoms with Crippen molar-refractivity contribution in [2.24, 2.45) is 5.92 Å². The van der Waals surface area contributed by atoms with Gasteiger partial charge in [0.05, 0.1) is 6.10 Å². The highest BCUT2D eigenvalue weighted by atomic mass is 32.1. The molecule has 3 unspecified atom stereocenters. The molecule has 3 atom stereocenters. The highest BCUT2D eigenvalue weighted by molar-refractivity contribution is 7.07. The summed E-state index contributed by atoms with van der Waals surface area (Å²) < 4.78 is 0. The van der Waals surface area contributed by atoms with Crippen molar-refractivity contribution in [2.45, 2.75) is 39.3 Å². The van der Waals surface area contributed by atoms with Gasteiger partial charge in [-0.2, -0.15) is 11.3 Å². The van der Waals surface area contributed by atoms with Crippen LogP contribution in [0.25, 0.3) is 0 Å². The van der Waals surface area contributed by atoms with Gasteiger partial charge in [-0.15, -0.1) is 0 Å². The molecular weight excluding hydrogens is 206 g/mol. The quantitative estimate of drug-likeness (QED) is 0.783. The summed E-state index contributed by atoms with van der Waals surface area (Å²) in [5.41, 5.74) is 1.30. The van der Waals surface area contributed by atoms with Gasteiger partial charge in [-0.3, -0.25) is 0 Å².